The molecule has 1 saturated heterocycles. The zero-order valence-electron chi connectivity index (χ0n) is 12.3. The number of anilines is 2. The molecule has 2 atom stereocenters. The van der Waals surface area contributed by atoms with Crippen LogP contribution >= 0.6 is 0 Å². The third kappa shape index (κ3) is 3.38. The van der Waals surface area contributed by atoms with E-state index in [2.05, 4.69) is 15.3 Å². The number of aliphatic hydroxyl groups is 1. The molecule has 0 saturated carbocycles. The highest BCUT2D eigenvalue weighted by Crippen LogP contribution is 2.35. The zero-order chi connectivity index (χ0) is 15.4. The number of aliphatic hydroxyl groups excluding tert-OH is 1. The molecular formula is C13H21N5O3. The van der Waals surface area contributed by atoms with Gasteiger partial charge in [-0.3, -0.25) is 10.1 Å². The molecule has 0 radical (unpaired) electrons. The van der Waals surface area contributed by atoms with Crippen LogP contribution in [0.4, 0.5) is 17.3 Å². The lowest BCUT2D eigenvalue weighted by molar-refractivity contribution is -0.383. The van der Waals surface area contributed by atoms with Gasteiger partial charge in [-0.15, -0.1) is 0 Å². The smallest absolute Gasteiger partial charge is 0.353 e. The topological polar surface area (TPSA) is 104 Å². The van der Waals surface area contributed by atoms with E-state index in [-0.39, 0.29) is 17.4 Å². The number of hydrogen-bond donors (Lipinski definition) is 2. The first-order chi connectivity index (χ1) is 10.0. The molecule has 0 bridgehead atoms. The molecule has 1 aliphatic heterocycles. The molecule has 0 aliphatic carbocycles. The first-order valence-corrected chi connectivity index (χ1v) is 7.20. The van der Waals surface area contributed by atoms with Crippen LogP contribution in [0, 0.1) is 16.0 Å². The van der Waals surface area contributed by atoms with Crippen LogP contribution in [0.25, 0.3) is 0 Å². The molecule has 0 aromatic carbocycles. The van der Waals surface area contributed by atoms with Gasteiger partial charge in [-0.25, -0.2) is 9.97 Å². The van der Waals surface area contributed by atoms with Crippen molar-refractivity contribution in [3.05, 3.63) is 16.4 Å². The van der Waals surface area contributed by atoms with E-state index < -0.39 is 11.0 Å². The van der Waals surface area contributed by atoms with Gasteiger partial charge < -0.3 is 15.3 Å². The summed E-state index contributed by atoms with van der Waals surface area (Å²) in [5, 5.41) is 24.0. The molecule has 1 aromatic heterocycles. The van der Waals surface area contributed by atoms with E-state index in [1.807, 2.05) is 11.8 Å². The second-order valence-corrected chi connectivity index (χ2v) is 5.31. The van der Waals surface area contributed by atoms with Gasteiger partial charge in [0.2, 0.25) is 11.6 Å². The molecule has 1 aromatic rings. The van der Waals surface area contributed by atoms with Crippen LogP contribution in [0.5, 0.6) is 0 Å². The fourth-order valence-electron chi connectivity index (χ4n) is 2.52. The van der Waals surface area contributed by atoms with Crippen molar-refractivity contribution >= 4 is 17.3 Å². The van der Waals surface area contributed by atoms with Gasteiger partial charge in [0.15, 0.2) is 0 Å². The Morgan fingerprint density at radius 2 is 2.38 bits per heavy atom. The van der Waals surface area contributed by atoms with Crippen LogP contribution in [0.2, 0.25) is 0 Å². The minimum Gasteiger partial charge on any atom is -0.393 e. The third-order valence-electron chi connectivity index (χ3n) is 3.73. The molecule has 1 fully saturated rings. The summed E-state index contributed by atoms with van der Waals surface area (Å²) in [5.74, 6) is 0.704. The predicted molar refractivity (Wildman–Crippen MR) is 79.5 cm³/mol. The Morgan fingerprint density at radius 3 is 2.95 bits per heavy atom. The maximum atomic E-state index is 11.4. The number of hydrogen-bond acceptors (Lipinski definition) is 7. The second-order valence-electron chi connectivity index (χ2n) is 5.31. The average Bonchev–Trinajstić information content (AvgIpc) is 2.94. The molecule has 2 heterocycles. The third-order valence-corrected chi connectivity index (χ3v) is 3.73. The zero-order valence-corrected chi connectivity index (χ0v) is 12.3. The van der Waals surface area contributed by atoms with Crippen LogP contribution in [0.1, 0.15) is 26.7 Å². The minimum absolute atomic E-state index is 0.0859. The summed E-state index contributed by atoms with van der Waals surface area (Å²) in [6.07, 6.45) is 2.57. The Kier molecular flexibility index (Phi) is 4.89. The maximum Gasteiger partial charge on any atom is 0.353 e. The lowest BCUT2D eigenvalue weighted by Gasteiger charge is -2.19. The molecule has 1 aliphatic rings. The molecule has 2 N–H and O–H groups in total. The van der Waals surface area contributed by atoms with Crippen LogP contribution in [-0.2, 0) is 0 Å². The number of rotatable bonds is 6. The van der Waals surface area contributed by atoms with E-state index in [1.54, 1.807) is 6.92 Å². The Labute approximate surface area is 123 Å². The molecule has 21 heavy (non-hydrogen) atoms. The van der Waals surface area contributed by atoms with E-state index in [1.165, 1.54) is 6.33 Å². The van der Waals surface area contributed by atoms with E-state index >= 15 is 0 Å². The van der Waals surface area contributed by atoms with Crippen molar-refractivity contribution in [2.75, 3.05) is 29.9 Å². The molecular weight excluding hydrogens is 274 g/mol. The fraction of sp³-hybridized carbons (Fsp3) is 0.692. The normalized spacial score (nSPS) is 19.6. The first kappa shape index (κ1) is 15.4. The SMILES string of the molecule is CCCNc1ncnc(N2CCC(C(C)O)C2)c1[N+](=O)[O-]. The number of nitrogens with zero attached hydrogens (tertiary/aromatic N) is 4. The van der Waals surface area contributed by atoms with E-state index in [4.69, 9.17) is 0 Å². The molecule has 2 rings (SSSR count). The summed E-state index contributed by atoms with van der Waals surface area (Å²) < 4.78 is 0. The summed E-state index contributed by atoms with van der Waals surface area (Å²) in [6.45, 7) is 5.57. The van der Waals surface area contributed by atoms with Gasteiger partial charge in [-0.1, -0.05) is 6.92 Å². The minimum atomic E-state index is -0.441. The maximum absolute atomic E-state index is 11.4. The molecule has 0 amide bonds. The van der Waals surface area contributed by atoms with Crippen LogP contribution < -0.4 is 10.2 Å². The predicted octanol–water partition coefficient (Wildman–Crippen LogP) is 1.41. The summed E-state index contributed by atoms with van der Waals surface area (Å²) in [5.41, 5.74) is -0.0859. The van der Waals surface area contributed by atoms with E-state index in [0.717, 1.165) is 12.8 Å². The summed E-state index contributed by atoms with van der Waals surface area (Å²) in [6, 6.07) is 0. The average molecular weight is 295 g/mol. The monoisotopic (exact) mass is 295 g/mol. The summed E-state index contributed by atoms with van der Waals surface area (Å²) in [7, 11) is 0. The van der Waals surface area contributed by atoms with Gasteiger partial charge in [0.25, 0.3) is 0 Å². The standard InChI is InChI=1S/C13H21N5O3/c1-3-5-14-12-11(18(20)21)13(16-8-15-12)17-6-4-10(7-17)9(2)19/h8-10,19H,3-7H2,1-2H3,(H,14,15,16). The summed E-state index contributed by atoms with van der Waals surface area (Å²) in [4.78, 5) is 20.9. The van der Waals surface area contributed by atoms with Crippen LogP contribution in [0.3, 0.4) is 0 Å². The Balaban J connectivity index is 2.29. The van der Waals surface area contributed by atoms with E-state index in [0.29, 0.717) is 25.5 Å². The Bertz CT molecular complexity index is 509. The number of aromatic nitrogens is 2. The highest BCUT2D eigenvalue weighted by atomic mass is 16.6. The van der Waals surface area contributed by atoms with Gasteiger partial charge in [-0.2, -0.15) is 0 Å². The molecule has 116 valence electrons. The van der Waals surface area contributed by atoms with Gasteiger partial charge in [0.05, 0.1) is 11.0 Å². The number of nitrogens with one attached hydrogen (secondary N) is 1. The Hall–Kier alpha value is -1.96. The van der Waals surface area contributed by atoms with Gasteiger partial charge in [0, 0.05) is 25.6 Å². The van der Waals surface area contributed by atoms with E-state index in [9.17, 15) is 15.2 Å². The quantitative estimate of drug-likeness (QED) is 0.604. The van der Waals surface area contributed by atoms with Crippen molar-refractivity contribution in [1.29, 1.82) is 0 Å². The fourth-order valence-corrected chi connectivity index (χ4v) is 2.52. The van der Waals surface area contributed by atoms with Crippen molar-refractivity contribution < 1.29 is 10.0 Å². The van der Waals surface area contributed by atoms with Crippen molar-refractivity contribution in [2.45, 2.75) is 32.8 Å². The molecule has 8 nitrogen and oxygen atoms in total. The van der Waals surface area contributed by atoms with Gasteiger partial charge >= 0.3 is 5.69 Å². The molecule has 2 unspecified atom stereocenters. The van der Waals surface area contributed by atoms with Crippen LogP contribution in [-0.4, -0.2) is 45.7 Å². The highest BCUT2D eigenvalue weighted by Gasteiger charge is 2.33. The van der Waals surface area contributed by atoms with Gasteiger partial charge in [-0.05, 0) is 19.8 Å². The lowest BCUT2D eigenvalue weighted by Crippen LogP contribution is -2.25. The number of nitro groups is 1. The molecule has 8 heteroatoms. The Morgan fingerprint density at radius 1 is 1.62 bits per heavy atom. The van der Waals surface area contributed by atoms with Gasteiger partial charge in [0.1, 0.15) is 6.33 Å². The van der Waals surface area contributed by atoms with Crippen LogP contribution in [0.15, 0.2) is 6.33 Å². The van der Waals surface area contributed by atoms with Crippen molar-refractivity contribution in [3.8, 4) is 0 Å². The summed E-state index contributed by atoms with van der Waals surface area (Å²) >= 11 is 0. The molecule has 0 spiro atoms. The largest absolute Gasteiger partial charge is 0.393 e. The highest BCUT2D eigenvalue weighted by molar-refractivity contribution is 5.70. The second kappa shape index (κ2) is 6.66. The first-order valence-electron chi connectivity index (χ1n) is 7.20. The van der Waals surface area contributed by atoms with Crippen molar-refractivity contribution in [3.63, 3.8) is 0 Å². The lowest BCUT2D eigenvalue weighted by atomic mass is 10.0. The van der Waals surface area contributed by atoms with Crippen molar-refractivity contribution in [1.82, 2.24) is 9.97 Å². The van der Waals surface area contributed by atoms with Crippen molar-refractivity contribution in [2.24, 2.45) is 5.92 Å².